The molecular formula is C20H16Cl2FN5O. The molecular weight excluding hydrogens is 416 g/mol. The summed E-state index contributed by atoms with van der Waals surface area (Å²) in [5.74, 6) is -0.0558. The maximum atomic E-state index is 14.2. The number of nitrogens with one attached hydrogen (secondary N) is 2. The molecule has 1 amide bonds. The molecule has 0 saturated carbocycles. The van der Waals surface area contributed by atoms with Crippen LogP contribution in [0.4, 0.5) is 10.2 Å². The van der Waals surface area contributed by atoms with Crippen molar-refractivity contribution in [3.8, 4) is 11.4 Å². The highest BCUT2D eigenvalue weighted by molar-refractivity contribution is 6.36. The summed E-state index contributed by atoms with van der Waals surface area (Å²) >= 11 is 12.5. The second-order valence-electron chi connectivity index (χ2n) is 6.74. The topological polar surface area (TPSA) is 75.6 Å². The Balaban J connectivity index is 1.72. The Hall–Kier alpha value is -2.90. The zero-order valence-electron chi connectivity index (χ0n) is 15.5. The van der Waals surface area contributed by atoms with Gasteiger partial charge in [0.1, 0.15) is 17.5 Å². The zero-order valence-corrected chi connectivity index (χ0v) is 17.0. The Kier molecular flexibility index (Phi) is 5.02. The van der Waals surface area contributed by atoms with Crippen molar-refractivity contribution >= 4 is 46.0 Å². The molecule has 0 saturated heterocycles. The Morgan fingerprint density at radius 1 is 1.21 bits per heavy atom. The third kappa shape index (κ3) is 3.59. The molecule has 2 aromatic carbocycles. The lowest BCUT2D eigenvalue weighted by atomic mass is 10.2. The summed E-state index contributed by atoms with van der Waals surface area (Å²) in [4.78, 5) is 20.1. The molecule has 4 aromatic rings. The number of imidazole rings is 1. The predicted octanol–water partition coefficient (Wildman–Crippen LogP) is 5.71. The number of halogens is 3. The van der Waals surface area contributed by atoms with Gasteiger partial charge in [-0.15, -0.1) is 0 Å². The quantitative estimate of drug-likeness (QED) is 0.434. The van der Waals surface area contributed by atoms with Crippen molar-refractivity contribution in [2.45, 2.75) is 19.9 Å². The van der Waals surface area contributed by atoms with E-state index in [-0.39, 0.29) is 33.4 Å². The predicted molar refractivity (Wildman–Crippen MR) is 112 cm³/mol. The highest BCUT2D eigenvalue weighted by Gasteiger charge is 2.18. The van der Waals surface area contributed by atoms with E-state index < -0.39 is 5.82 Å². The molecule has 0 aliphatic carbocycles. The number of amides is 1. The molecule has 0 fully saturated rings. The van der Waals surface area contributed by atoms with Crippen molar-refractivity contribution in [3.63, 3.8) is 0 Å². The highest BCUT2D eigenvalue weighted by atomic mass is 35.5. The molecule has 0 spiro atoms. The summed E-state index contributed by atoms with van der Waals surface area (Å²) in [6.45, 7) is 3.93. The number of carbonyl (C=O) groups excluding carboxylic acids is 1. The first-order valence-electron chi connectivity index (χ1n) is 8.83. The lowest BCUT2D eigenvalue weighted by Gasteiger charge is -2.12. The molecule has 2 heterocycles. The Bertz CT molecular complexity index is 1210. The van der Waals surface area contributed by atoms with Gasteiger partial charge in [0.2, 0.25) is 0 Å². The first-order chi connectivity index (χ1) is 13.8. The van der Waals surface area contributed by atoms with Crippen LogP contribution in [0.5, 0.6) is 0 Å². The van der Waals surface area contributed by atoms with E-state index in [1.165, 1.54) is 18.2 Å². The number of benzene rings is 2. The minimum Gasteiger partial charge on any atom is -0.337 e. The van der Waals surface area contributed by atoms with E-state index in [4.69, 9.17) is 23.2 Å². The number of anilines is 1. The summed E-state index contributed by atoms with van der Waals surface area (Å²) in [6, 6.07) is 9.30. The van der Waals surface area contributed by atoms with Gasteiger partial charge >= 0.3 is 0 Å². The average molecular weight is 432 g/mol. The molecule has 9 heteroatoms. The van der Waals surface area contributed by atoms with Gasteiger partial charge in [-0.2, -0.15) is 5.10 Å². The smallest absolute Gasteiger partial charge is 0.256 e. The highest BCUT2D eigenvalue weighted by Crippen LogP contribution is 2.32. The summed E-state index contributed by atoms with van der Waals surface area (Å²) in [5.41, 5.74) is 1.38. The van der Waals surface area contributed by atoms with Gasteiger partial charge in [0.25, 0.3) is 5.91 Å². The van der Waals surface area contributed by atoms with Gasteiger partial charge in [-0.05, 0) is 38.1 Å². The fourth-order valence-electron chi connectivity index (χ4n) is 3.06. The monoisotopic (exact) mass is 431 g/mol. The third-order valence-corrected chi connectivity index (χ3v) is 5.02. The van der Waals surface area contributed by atoms with Crippen LogP contribution < -0.4 is 5.32 Å². The van der Waals surface area contributed by atoms with Crippen LogP contribution in [0.2, 0.25) is 10.0 Å². The molecule has 0 aliphatic heterocycles. The molecule has 0 bridgehead atoms. The molecule has 2 N–H and O–H groups in total. The largest absolute Gasteiger partial charge is 0.337 e. The van der Waals surface area contributed by atoms with Crippen LogP contribution in [0.25, 0.3) is 22.4 Å². The van der Waals surface area contributed by atoms with Crippen LogP contribution in [0.1, 0.15) is 30.2 Å². The molecule has 6 nitrogen and oxygen atoms in total. The number of carbonyl (C=O) groups is 1. The maximum absolute atomic E-state index is 14.2. The van der Waals surface area contributed by atoms with E-state index >= 15 is 0 Å². The van der Waals surface area contributed by atoms with Crippen LogP contribution >= 0.6 is 23.2 Å². The number of aromatic amines is 1. The van der Waals surface area contributed by atoms with Gasteiger partial charge in [0.05, 0.1) is 32.8 Å². The number of fused-ring (bicyclic) bond motifs is 1. The molecule has 148 valence electrons. The normalized spacial score (nSPS) is 11.4. The SMILES string of the molecule is CC(C)n1nccc1NC(=O)c1cc(Cl)c2[nH]c(-c3c(F)cccc3Cl)nc2c1. The summed E-state index contributed by atoms with van der Waals surface area (Å²) in [5, 5.41) is 7.52. The van der Waals surface area contributed by atoms with E-state index in [0.717, 1.165) is 0 Å². The number of aromatic nitrogens is 4. The third-order valence-electron chi connectivity index (χ3n) is 4.41. The number of hydrogen-bond donors (Lipinski definition) is 2. The lowest BCUT2D eigenvalue weighted by molar-refractivity contribution is 0.102. The van der Waals surface area contributed by atoms with Crippen molar-refractivity contribution in [1.82, 2.24) is 19.7 Å². The van der Waals surface area contributed by atoms with E-state index in [1.807, 2.05) is 13.8 Å². The van der Waals surface area contributed by atoms with E-state index in [2.05, 4.69) is 20.4 Å². The maximum Gasteiger partial charge on any atom is 0.256 e. The van der Waals surface area contributed by atoms with Crippen molar-refractivity contribution in [3.05, 3.63) is 64.0 Å². The second-order valence-corrected chi connectivity index (χ2v) is 7.56. The van der Waals surface area contributed by atoms with Gasteiger partial charge in [-0.1, -0.05) is 29.3 Å². The van der Waals surface area contributed by atoms with Crippen LogP contribution in [0, 0.1) is 5.82 Å². The standard InChI is InChI=1S/C20H16Cl2FN5O/c1-10(2)28-16(6-7-24-28)26-20(29)11-8-13(22)18-15(9-11)25-19(27-18)17-12(21)4-3-5-14(17)23/h3-10H,1-2H3,(H,25,27)(H,26,29). The van der Waals surface area contributed by atoms with Crippen molar-refractivity contribution < 1.29 is 9.18 Å². The zero-order chi connectivity index (χ0) is 20.7. The van der Waals surface area contributed by atoms with Gasteiger partial charge in [-0.25, -0.2) is 14.1 Å². The molecule has 0 aliphatic rings. The van der Waals surface area contributed by atoms with Gasteiger partial charge < -0.3 is 10.3 Å². The summed E-state index contributed by atoms with van der Waals surface area (Å²) in [6.07, 6.45) is 1.62. The van der Waals surface area contributed by atoms with Crippen LogP contribution in [0.15, 0.2) is 42.6 Å². The second kappa shape index (κ2) is 7.50. The van der Waals surface area contributed by atoms with Gasteiger partial charge in [0.15, 0.2) is 0 Å². The van der Waals surface area contributed by atoms with Crippen molar-refractivity contribution in [2.24, 2.45) is 0 Å². The fourth-order valence-corrected chi connectivity index (χ4v) is 3.57. The molecule has 4 rings (SSSR count). The van der Waals surface area contributed by atoms with Crippen molar-refractivity contribution in [1.29, 1.82) is 0 Å². The number of H-pyrrole nitrogens is 1. The fraction of sp³-hybridized carbons (Fsp3) is 0.150. The van der Waals surface area contributed by atoms with Crippen LogP contribution in [-0.4, -0.2) is 25.7 Å². The number of rotatable bonds is 4. The molecule has 0 unspecified atom stereocenters. The molecule has 2 aromatic heterocycles. The van der Waals surface area contributed by atoms with Gasteiger partial charge in [-0.3, -0.25) is 4.79 Å². The Labute approximate surface area is 175 Å². The van der Waals surface area contributed by atoms with E-state index in [0.29, 0.717) is 22.4 Å². The van der Waals surface area contributed by atoms with Crippen LogP contribution in [-0.2, 0) is 0 Å². The average Bonchev–Trinajstić information content (AvgIpc) is 3.28. The first-order valence-corrected chi connectivity index (χ1v) is 9.59. The Morgan fingerprint density at radius 2 is 2.00 bits per heavy atom. The van der Waals surface area contributed by atoms with Gasteiger partial charge in [0, 0.05) is 17.7 Å². The Morgan fingerprint density at radius 3 is 2.72 bits per heavy atom. The van der Waals surface area contributed by atoms with E-state index in [1.54, 1.807) is 29.1 Å². The molecule has 0 atom stereocenters. The number of nitrogens with zero attached hydrogens (tertiary/aromatic N) is 3. The lowest BCUT2D eigenvalue weighted by Crippen LogP contribution is -2.16. The van der Waals surface area contributed by atoms with Crippen molar-refractivity contribution in [2.75, 3.05) is 5.32 Å². The van der Waals surface area contributed by atoms with E-state index in [9.17, 15) is 9.18 Å². The first kappa shape index (κ1) is 19.4. The summed E-state index contributed by atoms with van der Waals surface area (Å²) in [7, 11) is 0. The molecule has 0 radical (unpaired) electrons. The number of hydrogen-bond acceptors (Lipinski definition) is 3. The minimum absolute atomic E-state index is 0.0887. The summed E-state index contributed by atoms with van der Waals surface area (Å²) < 4.78 is 15.9. The van der Waals surface area contributed by atoms with Crippen LogP contribution in [0.3, 0.4) is 0 Å². The molecule has 29 heavy (non-hydrogen) atoms. The minimum atomic E-state index is -0.507.